The number of likely N-dealkylation sites (tertiary alicyclic amines) is 1. The highest BCUT2D eigenvalue weighted by molar-refractivity contribution is 5.92. The number of amides is 1. The average Bonchev–Trinajstić information content (AvgIpc) is 2.73. The predicted molar refractivity (Wildman–Crippen MR) is 118 cm³/mol. The Morgan fingerprint density at radius 1 is 1.06 bits per heavy atom. The number of carbonyl (C=O) groups excluding carboxylic acids is 1. The monoisotopic (exact) mass is 428 g/mol. The van der Waals surface area contributed by atoms with Crippen LogP contribution in [0, 0.1) is 0 Å². The predicted octanol–water partition coefficient (Wildman–Crippen LogP) is 0.919. The Bertz CT molecular complexity index is 1040. The number of aryl methyl sites for hydroxylation is 1. The van der Waals surface area contributed by atoms with Gasteiger partial charge in [0.15, 0.2) is 0 Å². The van der Waals surface area contributed by atoms with E-state index in [4.69, 9.17) is 0 Å². The summed E-state index contributed by atoms with van der Waals surface area (Å²) in [6.07, 6.45) is 3.18. The third-order valence-corrected chi connectivity index (χ3v) is 5.67. The van der Waals surface area contributed by atoms with Crippen molar-refractivity contribution in [1.82, 2.24) is 29.8 Å². The van der Waals surface area contributed by atoms with Crippen LogP contribution in [0.1, 0.15) is 56.2 Å². The Morgan fingerprint density at radius 2 is 1.81 bits per heavy atom. The van der Waals surface area contributed by atoms with Crippen LogP contribution in [0.15, 0.2) is 33.9 Å². The molecule has 1 aliphatic rings. The van der Waals surface area contributed by atoms with Crippen LogP contribution in [0.25, 0.3) is 0 Å². The quantitative estimate of drug-likeness (QED) is 0.734. The van der Waals surface area contributed by atoms with Crippen molar-refractivity contribution in [3.8, 4) is 0 Å². The maximum Gasteiger partial charge on any atom is 0.271 e. The van der Waals surface area contributed by atoms with Crippen molar-refractivity contribution in [2.24, 2.45) is 7.05 Å². The molecule has 0 aromatic carbocycles. The molecule has 1 amide bonds. The van der Waals surface area contributed by atoms with E-state index in [1.165, 1.54) is 19.2 Å². The zero-order valence-electron chi connectivity index (χ0n) is 18.8. The van der Waals surface area contributed by atoms with Crippen molar-refractivity contribution in [2.45, 2.75) is 58.0 Å². The summed E-state index contributed by atoms with van der Waals surface area (Å²) in [5.41, 5.74) is 0.631. The summed E-state index contributed by atoms with van der Waals surface area (Å²) in [4.78, 5) is 38.5. The van der Waals surface area contributed by atoms with E-state index in [1.54, 1.807) is 16.8 Å². The highest BCUT2D eigenvalue weighted by Crippen LogP contribution is 2.19. The summed E-state index contributed by atoms with van der Waals surface area (Å²) in [5, 5.41) is 11.5. The molecular formula is C22H32N6O3. The van der Waals surface area contributed by atoms with Gasteiger partial charge in [-0.25, -0.2) is 9.36 Å². The molecule has 0 saturated carbocycles. The van der Waals surface area contributed by atoms with Gasteiger partial charge in [-0.15, -0.1) is 0 Å². The van der Waals surface area contributed by atoms with Crippen molar-refractivity contribution in [3.05, 3.63) is 56.4 Å². The van der Waals surface area contributed by atoms with E-state index >= 15 is 0 Å². The SMILES string of the molecule is Cn1nc(C(=O)NCC2CCCCN2CCn2nc(C(C)(C)C)ccc2=O)ccc1=O. The first-order valence-electron chi connectivity index (χ1n) is 10.8. The molecule has 1 atom stereocenters. The van der Waals surface area contributed by atoms with E-state index in [9.17, 15) is 14.4 Å². The van der Waals surface area contributed by atoms with Gasteiger partial charge in [-0.3, -0.25) is 19.3 Å². The molecule has 9 heteroatoms. The molecule has 0 aliphatic carbocycles. The van der Waals surface area contributed by atoms with Gasteiger partial charge in [-0.05, 0) is 31.5 Å². The molecule has 0 radical (unpaired) electrons. The molecule has 2 aromatic heterocycles. The molecule has 0 spiro atoms. The van der Waals surface area contributed by atoms with Crippen LogP contribution in [0.4, 0.5) is 0 Å². The largest absolute Gasteiger partial charge is 0.349 e. The van der Waals surface area contributed by atoms with Crippen LogP contribution in [0.3, 0.4) is 0 Å². The maximum absolute atomic E-state index is 12.5. The molecule has 0 bridgehead atoms. The molecule has 1 unspecified atom stereocenters. The number of hydrogen-bond donors (Lipinski definition) is 1. The van der Waals surface area contributed by atoms with Crippen molar-refractivity contribution in [3.63, 3.8) is 0 Å². The standard InChI is InChI=1S/C22H32N6O3/c1-22(2,3)18-9-11-20(30)28(25-18)14-13-27-12-6-5-7-16(27)15-23-21(31)17-8-10-19(29)26(4)24-17/h8-11,16H,5-7,12-15H2,1-4H3,(H,23,31). The first-order chi connectivity index (χ1) is 14.6. The van der Waals surface area contributed by atoms with Crippen molar-refractivity contribution < 1.29 is 4.79 Å². The van der Waals surface area contributed by atoms with E-state index < -0.39 is 0 Å². The van der Waals surface area contributed by atoms with E-state index in [-0.39, 0.29) is 34.2 Å². The minimum atomic E-state index is -0.295. The lowest BCUT2D eigenvalue weighted by Crippen LogP contribution is -2.48. The van der Waals surface area contributed by atoms with Gasteiger partial charge in [0.1, 0.15) is 5.69 Å². The van der Waals surface area contributed by atoms with Gasteiger partial charge in [0.2, 0.25) is 0 Å². The molecule has 9 nitrogen and oxygen atoms in total. The lowest BCUT2D eigenvalue weighted by Gasteiger charge is -2.35. The van der Waals surface area contributed by atoms with E-state index in [2.05, 4.69) is 41.2 Å². The summed E-state index contributed by atoms with van der Waals surface area (Å²) in [7, 11) is 1.52. The van der Waals surface area contributed by atoms with Gasteiger partial charge in [-0.2, -0.15) is 10.2 Å². The summed E-state index contributed by atoms with van der Waals surface area (Å²) >= 11 is 0. The Morgan fingerprint density at radius 3 is 2.52 bits per heavy atom. The number of hydrogen-bond acceptors (Lipinski definition) is 6. The number of nitrogens with one attached hydrogen (secondary N) is 1. The fourth-order valence-electron chi connectivity index (χ4n) is 3.74. The van der Waals surface area contributed by atoms with Crippen LogP contribution < -0.4 is 16.4 Å². The second kappa shape index (κ2) is 9.55. The van der Waals surface area contributed by atoms with E-state index in [0.717, 1.165) is 36.2 Å². The summed E-state index contributed by atoms with van der Waals surface area (Å²) in [6.45, 7) is 8.85. The normalized spacial score (nSPS) is 17.5. The molecule has 168 valence electrons. The first-order valence-corrected chi connectivity index (χ1v) is 10.8. The summed E-state index contributed by atoms with van der Waals surface area (Å²) < 4.78 is 2.69. The Kier molecular flexibility index (Phi) is 7.04. The molecule has 1 N–H and O–H groups in total. The fourth-order valence-corrected chi connectivity index (χ4v) is 3.74. The molecule has 1 saturated heterocycles. The van der Waals surface area contributed by atoms with Gasteiger partial charge >= 0.3 is 0 Å². The number of piperidine rings is 1. The van der Waals surface area contributed by atoms with Gasteiger partial charge in [0, 0.05) is 43.7 Å². The Balaban J connectivity index is 1.62. The third kappa shape index (κ3) is 5.88. The van der Waals surface area contributed by atoms with Crippen LogP contribution in [-0.2, 0) is 19.0 Å². The second-order valence-electron chi connectivity index (χ2n) is 9.11. The van der Waals surface area contributed by atoms with Gasteiger partial charge in [0.05, 0.1) is 12.2 Å². The minimum absolute atomic E-state index is 0.101. The van der Waals surface area contributed by atoms with Gasteiger partial charge < -0.3 is 5.32 Å². The van der Waals surface area contributed by atoms with Crippen molar-refractivity contribution >= 4 is 5.91 Å². The number of carbonyl (C=O) groups is 1. The van der Waals surface area contributed by atoms with E-state index in [0.29, 0.717) is 19.6 Å². The van der Waals surface area contributed by atoms with E-state index in [1.807, 2.05) is 0 Å². The molecule has 1 fully saturated rings. The number of aromatic nitrogens is 4. The topological polar surface area (TPSA) is 102 Å². The summed E-state index contributed by atoms with van der Waals surface area (Å²) in [6, 6.07) is 6.35. The molecule has 3 rings (SSSR count). The van der Waals surface area contributed by atoms with Gasteiger partial charge in [-0.1, -0.05) is 27.2 Å². The summed E-state index contributed by atoms with van der Waals surface area (Å²) in [5.74, 6) is -0.295. The van der Waals surface area contributed by atoms with Crippen LogP contribution in [0.5, 0.6) is 0 Å². The highest BCUT2D eigenvalue weighted by Gasteiger charge is 2.24. The molecule has 31 heavy (non-hydrogen) atoms. The Labute approximate surface area is 182 Å². The van der Waals surface area contributed by atoms with Crippen LogP contribution in [-0.4, -0.2) is 56.0 Å². The second-order valence-corrected chi connectivity index (χ2v) is 9.11. The maximum atomic E-state index is 12.5. The Hall–Kier alpha value is -2.81. The zero-order valence-corrected chi connectivity index (χ0v) is 18.8. The van der Waals surface area contributed by atoms with Crippen LogP contribution in [0.2, 0.25) is 0 Å². The number of nitrogens with zero attached hydrogens (tertiary/aromatic N) is 5. The fraction of sp³-hybridized carbons (Fsp3) is 0.591. The zero-order chi connectivity index (χ0) is 22.6. The minimum Gasteiger partial charge on any atom is -0.349 e. The molecule has 2 aromatic rings. The molecule has 1 aliphatic heterocycles. The average molecular weight is 429 g/mol. The van der Waals surface area contributed by atoms with Crippen LogP contribution >= 0.6 is 0 Å². The van der Waals surface area contributed by atoms with Crippen molar-refractivity contribution in [1.29, 1.82) is 0 Å². The first kappa shape index (κ1) is 22.9. The van der Waals surface area contributed by atoms with Gasteiger partial charge in [0.25, 0.3) is 17.0 Å². The highest BCUT2D eigenvalue weighted by atomic mass is 16.2. The lowest BCUT2D eigenvalue weighted by molar-refractivity contribution is 0.0902. The van der Waals surface area contributed by atoms with Crippen molar-refractivity contribution in [2.75, 3.05) is 19.6 Å². The molecule has 3 heterocycles. The third-order valence-electron chi connectivity index (χ3n) is 5.67. The smallest absolute Gasteiger partial charge is 0.271 e. The number of rotatable bonds is 6. The lowest BCUT2D eigenvalue weighted by atomic mass is 9.92. The molecular weight excluding hydrogens is 396 g/mol.